The summed E-state index contributed by atoms with van der Waals surface area (Å²) in [4.78, 5) is 16.5. The Morgan fingerprint density at radius 3 is 1.97 bits per heavy atom. The van der Waals surface area contributed by atoms with Gasteiger partial charge in [-0.3, -0.25) is 9.69 Å². The number of piperidine rings is 1. The van der Waals surface area contributed by atoms with Gasteiger partial charge in [0.15, 0.2) is 5.78 Å². The number of nitrogens with zero attached hydrogens (tertiary/aromatic N) is 1. The number of allylic oxidation sites excluding steroid dienone is 2. The lowest BCUT2D eigenvalue weighted by atomic mass is 9.88. The molecule has 1 fully saturated rings. The predicted octanol–water partition coefficient (Wildman–Crippen LogP) is 7.93. The molecule has 4 nitrogen and oxygen atoms in total. The van der Waals surface area contributed by atoms with E-state index in [1.54, 1.807) is 0 Å². The van der Waals surface area contributed by atoms with Crippen molar-refractivity contribution < 1.29 is 14.3 Å². The molecule has 0 radical (unpaired) electrons. The fourth-order valence-electron chi connectivity index (χ4n) is 4.97. The molecule has 3 aromatic carbocycles. The molecule has 4 heteroatoms. The van der Waals surface area contributed by atoms with Crippen LogP contribution in [0, 0.1) is 0 Å². The smallest absolute Gasteiger partial charge is 0.193 e. The molecule has 4 rings (SSSR count). The SMILES string of the molecule is CCC(=C(C(=O)c1ccc(OCCN2CCCCC2)cc1)c1ccc(OC(C)(C)C)cc1)c1ccccc1. The number of benzene rings is 3. The molecule has 0 spiro atoms. The number of likely N-dealkylation sites (tertiary alicyclic amines) is 1. The first-order valence-corrected chi connectivity index (χ1v) is 13.9. The van der Waals surface area contributed by atoms with Crippen molar-refractivity contribution in [1.82, 2.24) is 4.90 Å². The lowest BCUT2D eigenvalue weighted by Gasteiger charge is -2.26. The van der Waals surface area contributed by atoms with E-state index in [9.17, 15) is 4.79 Å². The highest BCUT2D eigenvalue weighted by molar-refractivity contribution is 6.34. The number of ketones is 1. The summed E-state index contributed by atoms with van der Waals surface area (Å²) in [6.07, 6.45) is 4.63. The fourth-order valence-corrected chi connectivity index (χ4v) is 4.97. The lowest BCUT2D eigenvalue weighted by molar-refractivity contribution is 0.105. The van der Waals surface area contributed by atoms with Gasteiger partial charge in [0.25, 0.3) is 0 Å². The summed E-state index contributed by atoms with van der Waals surface area (Å²) in [6.45, 7) is 12.1. The summed E-state index contributed by atoms with van der Waals surface area (Å²) in [5.74, 6) is 1.60. The largest absolute Gasteiger partial charge is 0.492 e. The molecule has 0 aliphatic carbocycles. The summed E-state index contributed by atoms with van der Waals surface area (Å²) in [5, 5.41) is 0. The van der Waals surface area contributed by atoms with Crippen LogP contribution >= 0.6 is 0 Å². The number of hydrogen-bond acceptors (Lipinski definition) is 4. The van der Waals surface area contributed by atoms with Gasteiger partial charge in [0.2, 0.25) is 0 Å². The number of carbonyl (C=O) groups excluding carboxylic acids is 1. The Bertz CT molecular complexity index is 1200. The lowest BCUT2D eigenvalue weighted by Crippen LogP contribution is -2.33. The molecule has 0 atom stereocenters. The minimum absolute atomic E-state index is 0.00931. The van der Waals surface area contributed by atoms with E-state index in [1.807, 2.05) is 87.5 Å². The Morgan fingerprint density at radius 2 is 1.37 bits per heavy atom. The van der Waals surface area contributed by atoms with Crippen LogP contribution in [-0.2, 0) is 0 Å². The molecule has 1 saturated heterocycles. The molecule has 0 N–H and O–H groups in total. The first-order valence-electron chi connectivity index (χ1n) is 13.9. The summed E-state index contributed by atoms with van der Waals surface area (Å²) in [7, 11) is 0. The molecule has 0 bridgehead atoms. The highest BCUT2D eigenvalue weighted by Gasteiger charge is 2.21. The predicted molar refractivity (Wildman–Crippen MR) is 157 cm³/mol. The van der Waals surface area contributed by atoms with Crippen molar-refractivity contribution >= 4 is 16.9 Å². The van der Waals surface area contributed by atoms with Gasteiger partial charge in [-0.05, 0) is 106 Å². The summed E-state index contributed by atoms with van der Waals surface area (Å²) >= 11 is 0. The van der Waals surface area contributed by atoms with Crippen LogP contribution in [0.3, 0.4) is 0 Å². The normalized spacial score (nSPS) is 15.1. The van der Waals surface area contributed by atoms with Crippen molar-refractivity contribution in [3.8, 4) is 11.5 Å². The van der Waals surface area contributed by atoms with Crippen molar-refractivity contribution in [2.24, 2.45) is 0 Å². The fraction of sp³-hybridized carbons (Fsp3) is 0.382. The maximum Gasteiger partial charge on any atom is 0.193 e. The van der Waals surface area contributed by atoms with Crippen LogP contribution in [0.1, 0.15) is 74.9 Å². The zero-order chi connectivity index (χ0) is 27.0. The molecule has 3 aromatic rings. The molecule has 0 unspecified atom stereocenters. The molecule has 1 heterocycles. The Hall–Kier alpha value is -3.37. The van der Waals surface area contributed by atoms with E-state index >= 15 is 0 Å². The Balaban J connectivity index is 1.58. The van der Waals surface area contributed by atoms with Crippen LogP contribution in [0.5, 0.6) is 11.5 Å². The van der Waals surface area contributed by atoms with Crippen molar-refractivity contribution in [2.75, 3.05) is 26.2 Å². The third kappa shape index (κ3) is 7.58. The van der Waals surface area contributed by atoms with E-state index in [2.05, 4.69) is 24.0 Å². The van der Waals surface area contributed by atoms with Gasteiger partial charge in [0.05, 0.1) is 0 Å². The molecule has 0 aromatic heterocycles. The topological polar surface area (TPSA) is 38.8 Å². The summed E-state index contributed by atoms with van der Waals surface area (Å²) < 4.78 is 12.0. The minimum atomic E-state index is -0.285. The number of hydrogen-bond donors (Lipinski definition) is 0. The van der Waals surface area contributed by atoms with Crippen LogP contribution in [0.15, 0.2) is 78.9 Å². The van der Waals surface area contributed by atoms with Gasteiger partial charge in [-0.15, -0.1) is 0 Å². The molecular weight excluding hydrogens is 470 g/mol. The van der Waals surface area contributed by atoms with E-state index in [0.29, 0.717) is 12.2 Å². The van der Waals surface area contributed by atoms with Gasteiger partial charge in [-0.2, -0.15) is 0 Å². The number of Topliss-reactive ketones (excluding diaryl/α,β-unsaturated/α-hetero) is 1. The standard InChI is InChI=1S/C34H41NO3/c1-5-31(26-12-8-6-9-13-26)32(27-14-20-30(21-15-27)38-34(2,3)4)33(36)28-16-18-29(19-17-28)37-25-24-35-22-10-7-11-23-35/h6,8-9,12-21H,5,7,10-11,22-25H2,1-4H3. The third-order valence-electron chi connectivity index (χ3n) is 6.81. The molecule has 1 aliphatic rings. The summed E-state index contributed by atoms with van der Waals surface area (Å²) in [5.41, 5.74) is 4.07. The van der Waals surface area contributed by atoms with Gasteiger partial charge < -0.3 is 9.47 Å². The van der Waals surface area contributed by atoms with Crippen molar-refractivity contribution in [2.45, 2.75) is 59.0 Å². The van der Waals surface area contributed by atoms with Crippen molar-refractivity contribution in [3.63, 3.8) is 0 Å². The van der Waals surface area contributed by atoms with E-state index in [1.165, 1.54) is 19.3 Å². The third-order valence-corrected chi connectivity index (χ3v) is 6.81. The monoisotopic (exact) mass is 511 g/mol. The molecule has 0 amide bonds. The van der Waals surface area contributed by atoms with Crippen LogP contribution in [0.2, 0.25) is 0 Å². The highest BCUT2D eigenvalue weighted by Crippen LogP contribution is 2.33. The van der Waals surface area contributed by atoms with Crippen molar-refractivity contribution in [1.29, 1.82) is 0 Å². The number of ether oxygens (including phenoxy) is 2. The van der Waals surface area contributed by atoms with Crippen LogP contribution in [0.25, 0.3) is 11.1 Å². The Labute approximate surface area is 228 Å². The summed E-state index contributed by atoms with van der Waals surface area (Å²) in [6, 6.07) is 25.7. The van der Waals surface area contributed by atoms with E-state index in [4.69, 9.17) is 9.47 Å². The molecular formula is C34H41NO3. The van der Waals surface area contributed by atoms with E-state index in [0.717, 1.165) is 59.8 Å². The van der Waals surface area contributed by atoms with Gasteiger partial charge in [0.1, 0.15) is 23.7 Å². The van der Waals surface area contributed by atoms with Crippen LogP contribution in [0.4, 0.5) is 0 Å². The first-order chi connectivity index (χ1) is 18.3. The number of rotatable bonds is 10. The zero-order valence-corrected chi connectivity index (χ0v) is 23.3. The van der Waals surface area contributed by atoms with Gasteiger partial charge in [0, 0.05) is 17.7 Å². The second kappa shape index (κ2) is 12.9. The molecule has 38 heavy (non-hydrogen) atoms. The van der Waals surface area contributed by atoms with Crippen LogP contribution < -0.4 is 9.47 Å². The maximum absolute atomic E-state index is 14.0. The molecule has 200 valence electrons. The average Bonchev–Trinajstić information content (AvgIpc) is 2.92. The molecule has 1 aliphatic heterocycles. The Morgan fingerprint density at radius 1 is 0.763 bits per heavy atom. The van der Waals surface area contributed by atoms with Gasteiger partial charge >= 0.3 is 0 Å². The quantitative estimate of drug-likeness (QED) is 0.157. The van der Waals surface area contributed by atoms with Crippen molar-refractivity contribution in [3.05, 3.63) is 95.6 Å². The minimum Gasteiger partial charge on any atom is -0.492 e. The maximum atomic E-state index is 14.0. The second-order valence-corrected chi connectivity index (χ2v) is 10.9. The first kappa shape index (κ1) is 27.7. The highest BCUT2D eigenvalue weighted by atomic mass is 16.5. The second-order valence-electron chi connectivity index (χ2n) is 10.9. The number of carbonyl (C=O) groups is 1. The van der Waals surface area contributed by atoms with E-state index < -0.39 is 0 Å². The average molecular weight is 512 g/mol. The Kier molecular flexibility index (Phi) is 9.41. The zero-order valence-electron chi connectivity index (χ0n) is 23.3. The van der Waals surface area contributed by atoms with Gasteiger partial charge in [-0.1, -0.05) is 55.8 Å². The van der Waals surface area contributed by atoms with Gasteiger partial charge in [-0.25, -0.2) is 0 Å². The van der Waals surface area contributed by atoms with Crippen LogP contribution in [-0.4, -0.2) is 42.5 Å². The molecule has 0 saturated carbocycles. The van der Waals surface area contributed by atoms with E-state index in [-0.39, 0.29) is 11.4 Å².